The van der Waals surface area contributed by atoms with Gasteiger partial charge in [0.15, 0.2) is 0 Å². The summed E-state index contributed by atoms with van der Waals surface area (Å²) in [5.41, 5.74) is 6.64. The second-order valence-corrected chi connectivity index (χ2v) is 5.61. The van der Waals surface area contributed by atoms with Crippen molar-refractivity contribution in [2.75, 3.05) is 5.73 Å². The van der Waals surface area contributed by atoms with Gasteiger partial charge in [-0.15, -0.1) is 0 Å². The van der Waals surface area contributed by atoms with E-state index in [2.05, 4.69) is 10.3 Å². The summed E-state index contributed by atoms with van der Waals surface area (Å²) in [5.74, 6) is 0.490. The number of aryl methyl sites for hydroxylation is 1. The Kier molecular flexibility index (Phi) is 5.60. The highest BCUT2D eigenvalue weighted by Crippen LogP contribution is 2.29. The van der Waals surface area contributed by atoms with E-state index in [1.807, 2.05) is 13.0 Å². The van der Waals surface area contributed by atoms with Gasteiger partial charge in [-0.25, -0.2) is 4.98 Å². The summed E-state index contributed by atoms with van der Waals surface area (Å²) in [5, 5.41) is 3.25. The van der Waals surface area contributed by atoms with Crippen LogP contribution in [0.5, 0.6) is 0 Å². The molecule has 2 aromatic rings. The molecule has 0 saturated heterocycles. The third-order valence-electron chi connectivity index (χ3n) is 3.62. The van der Waals surface area contributed by atoms with Crippen molar-refractivity contribution in [3.8, 4) is 0 Å². The third-order valence-corrected chi connectivity index (χ3v) is 3.62. The van der Waals surface area contributed by atoms with Crippen molar-refractivity contribution >= 4 is 5.82 Å². The number of nitrogens with one attached hydrogen (secondary N) is 1. The third kappa shape index (κ3) is 5.56. The molecule has 0 spiro atoms. The molecule has 0 radical (unpaired) electrons. The van der Waals surface area contributed by atoms with E-state index in [1.165, 1.54) is 12.1 Å². The van der Waals surface area contributed by atoms with E-state index < -0.39 is 11.7 Å². The number of rotatable bonds is 6. The molecular weight excluding hydrogens is 303 g/mol. The number of benzene rings is 1. The Morgan fingerprint density at radius 3 is 2.61 bits per heavy atom. The van der Waals surface area contributed by atoms with Crippen LogP contribution in [0, 0.1) is 0 Å². The Hall–Kier alpha value is -2.08. The highest BCUT2D eigenvalue weighted by molar-refractivity contribution is 5.29. The summed E-state index contributed by atoms with van der Waals surface area (Å²) >= 11 is 0. The van der Waals surface area contributed by atoms with E-state index >= 15 is 0 Å². The summed E-state index contributed by atoms with van der Waals surface area (Å²) in [6.45, 7) is 2.42. The zero-order chi connectivity index (χ0) is 16.9. The number of anilines is 1. The average molecular weight is 323 g/mol. The van der Waals surface area contributed by atoms with Crippen molar-refractivity contribution in [3.05, 3.63) is 59.3 Å². The molecular formula is C17H20F3N3. The van der Waals surface area contributed by atoms with Gasteiger partial charge in [0.2, 0.25) is 0 Å². The minimum Gasteiger partial charge on any atom is -0.384 e. The van der Waals surface area contributed by atoms with Gasteiger partial charge in [0.1, 0.15) is 5.82 Å². The maximum Gasteiger partial charge on any atom is 0.416 e. The van der Waals surface area contributed by atoms with Gasteiger partial charge in [0.05, 0.1) is 5.56 Å². The molecule has 0 amide bonds. The monoisotopic (exact) mass is 323 g/mol. The summed E-state index contributed by atoms with van der Waals surface area (Å²) in [6.07, 6.45) is -0.854. The summed E-state index contributed by atoms with van der Waals surface area (Å²) in [7, 11) is 0. The molecule has 1 atom stereocenters. The van der Waals surface area contributed by atoms with Crippen LogP contribution in [0.1, 0.15) is 30.0 Å². The van der Waals surface area contributed by atoms with Crippen molar-refractivity contribution < 1.29 is 13.2 Å². The van der Waals surface area contributed by atoms with Gasteiger partial charge < -0.3 is 11.1 Å². The first-order valence-corrected chi connectivity index (χ1v) is 7.44. The maximum absolute atomic E-state index is 12.7. The van der Waals surface area contributed by atoms with Crippen molar-refractivity contribution in [1.82, 2.24) is 10.3 Å². The number of alkyl halides is 3. The Morgan fingerprint density at radius 1 is 1.17 bits per heavy atom. The van der Waals surface area contributed by atoms with Crippen molar-refractivity contribution in [2.24, 2.45) is 0 Å². The average Bonchev–Trinajstić information content (AvgIpc) is 2.52. The summed E-state index contributed by atoms with van der Waals surface area (Å²) in [4.78, 5) is 4.03. The van der Waals surface area contributed by atoms with Crippen molar-refractivity contribution in [3.63, 3.8) is 0 Å². The van der Waals surface area contributed by atoms with Crippen LogP contribution in [0.15, 0.2) is 42.6 Å². The van der Waals surface area contributed by atoms with E-state index in [1.54, 1.807) is 18.3 Å². The number of hydrogen-bond donors (Lipinski definition) is 2. The highest BCUT2D eigenvalue weighted by Gasteiger charge is 2.30. The number of nitrogens with zero attached hydrogens (tertiary/aromatic N) is 1. The first-order valence-electron chi connectivity index (χ1n) is 7.44. The normalized spacial score (nSPS) is 13.0. The van der Waals surface area contributed by atoms with Gasteiger partial charge in [-0.05, 0) is 43.0 Å². The topological polar surface area (TPSA) is 50.9 Å². The van der Waals surface area contributed by atoms with E-state index in [4.69, 9.17) is 5.73 Å². The minimum absolute atomic E-state index is 0.182. The molecule has 124 valence electrons. The second kappa shape index (κ2) is 7.46. The molecule has 1 heterocycles. The molecule has 2 rings (SSSR count). The lowest BCUT2D eigenvalue weighted by atomic mass is 10.1. The standard InChI is InChI=1S/C17H20F3N3/c1-12(5-6-13-7-8-16(21)23-10-13)22-11-14-3-2-4-15(9-14)17(18,19)20/h2-4,7-10,12,22H,5-6,11H2,1H3,(H2,21,23). The number of halogens is 3. The number of pyridine rings is 1. The van der Waals surface area contributed by atoms with Crippen LogP contribution in [-0.4, -0.2) is 11.0 Å². The first kappa shape index (κ1) is 17.3. The Labute approximate surface area is 133 Å². The largest absolute Gasteiger partial charge is 0.416 e. The van der Waals surface area contributed by atoms with Gasteiger partial charge in [-0.3, -0.25) is 0 Å². The van der Waals surface area contributed by atoms with Gasteiger partial charge in [-0.1, -0.05) is 24.3 Å². The minimum atomic E-state index is -4.30. The van der Waals surface area contributed by atoms with Crippen LogP contribution in [0.2, 0.25) is 0 Å². The number of nitrogen functional groups attached to an aromatic ring is 1. The van der Waals surface area contributed by atoms with Crippen LogP contribution < -0.4 is 11.1 Å². The van der Waals surface area contributed by atoms with Gasteiger partial charge in [0, 0.05) is 18.8 Å². The quantitative estimate of drug-likeness (QED) is 0.850. The molecule has 0 saturated carbocycles. The molecule has 1 unspecified atom stereocenters. The molecule has 0 bridgehead atoms. The Bertz CT molecular complexity index is 624. The SMILES string of the molecule is CC(CCc1ccc(N)nc1)NCc1cccc(C(F)(F)F)c1. The van der Waals surface area contributed by atoms with Crippen LogP contribution in [0.3, 0.4) is 0 Å². The van der Waals surface area contributed by atoms with Crippen molar-refractivity contribution in [1.29, 1.82) is 0 Å². The predicted octanol–water partition coefficient (Wildman–Crippen LogP) is 3.79. The summed E-state index contributed by atoms with van der Waals surface area (Å²) in [6, 6.07) is 9.27. The van der Waals surface area contributed by atoms with Crippen molar-refractivity contribution in [2.45, 2.75) is 38.5 Å². The van der Waals surface area contributed by atoms with Gasteiger partial charge >= 0.3 is 6.18 Å². The zero-order valence-electron chi connectivity index (χ0n) is 12.9. The number of aromatic nitrogens is 1. The molecule has 23 heavy (non-hydrogen) atoms. The van der Waals surface area contributed by atoms with Crippen LogP contribution >= 0.6 is 0 Å². The molecule has 0 aliphatic heterocycles. The molecule has 3 nitrogen and oxygen atoms in total. The fraction of sp³-hybridized carbons (Fsp3) is 0.353. The van der Waals surface area contributed by atoms with Crippen LogP contribution in [0.4, 0.5) is 19.0 Å². The lowest BCUT2D eigenvalue weighted by Crippen LogP contribution is -2.26. The highest BCUT2D eigenvalue weighted by atomic mass is 19.4. The van der Waals surface area contributed by atoms with E-state index in [0.29, 0.717) is 17.9 Å². The fourth-order valence-corrected chi connectivity index (χ4v) is 2.22. The van der Waals surface area contributed by atoms with E-state index in [0.717, 1.165) is 24.5 Å². The molecule has 3 N–H and O–H groups in total. The lowest BCUT2D eigenvalue weighted by molar-refractivity contribution is -0.137. The molecule has 1 aromatic carbocycles. The van der Waals surface area contributed by atoms with E-state index in [9.17, 15) is 13.2 Å². The molecule has 0 aliphatic carbocycles. The summed E-state index contributed by atoms with van der Waals surface area (Å²) < 4.78 is 38.0. The molecule has 6 heteroatoms. The molecule has 0 fully saturated rings. The Morgan fingerprint density at radius 2 is 1.96 bits per heavy atom. The zero-order valence-corrected chi connectivity index (χ0v) is 12.9. The van der Waals surface area contributed by atoms with Crippen LogP contribution in [0.25, 0.3) is 0 Å². The van der Waals surface area contributed by atoms with Gasteiger partial charge in [-0.2, -0.15) is 13.2 Å². The Balaban J connectivity index is 1.82. The maximum atomic E-state index is 12.7. The molecule has 1 aromatic heterocycles. The first-order chi connectivity index (χ1) is 10.8. The fourth-order valence-electron chi connectivity index (χ4n) is 2.22. The predicted molar refractivity (Wildman–Crippen MR) is 84.7 cm³/mol. The smallest absolute Gasteiger partial charge is 0.384 e. The number of hydrogen-bond acceptors (Lipinski definition) is 3. The van der Waals surface area contributed by atoms with E-state index in [-0.39, 0.29) is 6.04 Å². The van der Waals surface area contributed by atoms with Crippen LogP contribution in [-0.2, 0) is 19.1 Å². The lowest BCUT2D eigenvalue weighted by Gasteiger charge is -2.15. The molecule has 0 aliphatic rings. The second-order valence-electron chi connectivity index (χ2n) is 5.61. The number of nitrogens with two attached hydrogens (primary N) is 1. The van der Waals surface area contributed by atoms with Gasteiger partial charge in [0.25, 0.3) is 0 Å².